The third kappa shape index (κ3) is 3.86. The largest absolute Gasteiger partial charge is 0.307 e. The average Bonchev–Trinajstić information content (AvgIpc) is 3.62. The van der Waals surface area contributed by atoms with Crippen molar-refractivity contribution < 1.29 is 0 Å². The first-order valence-corrected chi connectivity index (χ1v) is 12.1. The highest BCUT2D eigenvalue weighted by molar-refractivity contribution is 7.96. The van der Waals surface area contributed by atoms with Crippen LogP contribution in [0.2, 0.25) is 0 Å². The van der Waals surface area contributed by atoms with Crippen LogP contribution in [0, 0.1) is 0 Å². The quantitative estimate of drug-likeness (QED) is 0.549. The van der Waals surface area contributed by atoms with Crippen molar-refractivity contribution in [2.24, 2.45) is 0 Å². The lowest BCUT2D eigenvalue weighted by atomic mass is 9.90. The van der Waals surface area contributed by atoms with Gasteiger partial charge in [0.1, 0.15) is 0 Å². The number of fused-ring (bicyclic) bond motifs is 1. The molecule has 0 bridgehead atoms. The van der Waals surface area contributed by atoms with Gasteiger partial charge in [-0.1, -0.05) is 72.6 Å². The molecule has 1 aliphatic carbocycles. The standard InChI is InChI=1S/C26H28N2OS/c1-30-27-24-15-13-22-12-14-23(20-10-11-20)26(29)28(22)25(24)17-18-6-5-9-21(16-18)19-7-3-2-4-8-19/h2-9,12,14,16,20,24-25,27H,10-11,13,15,17H2,1H3. The first-order valence-electron chi connectivity index (χ1n) is 10.9. The first kappa shape index (κ1) is 19.7. The number of aryl methyl sites for hydroxylation is 1. The van der Waals surface area contributed by atoms with Gasteiger partial charge in [0.05, 0.1) is 6.04 Å². The van der Waals surface area contributed by atoms with Crippen molar-refractivity contribution in [1.29, 1.82) is 0 Å². The van der Waals surface area contributed by atoms with E-state index in [9.17, 15) is 4.79 Å². The lowest BCUT2D eigenvalue weighted by Gasteiger charge is -2.36. The molecular weight excluding hydrogens is 388 g/mol. The Kier molecular flexibility index (Phi) is 5.53. The number of hydrogen-bond acceptors (Lipinski definition) is 3. The summed E-state index contributed by atoms with van der Waals surface area (Å²) in [4.78, 5) is 13.5. The van der Waals surface area contributed by atoms with Crippen LogP contribution in [-0.2, 0) is 12.8 Å². The van der Waals surface area contributed by atoms with Crippen LogP contribution in [0.15, 0.2) is 71.5 Å². The number of aromatic nitrogens is 1. The average molecular weight is 417 g/mol. The maximum absolute atomic E-state index is 13.5. The summed E-state index contributed by atoms with van der Waals surface area (Å²) in [7, 11) is 0. The van der Waals surface area contributed by atoms with Gasteiger partial charge in [-0.15, -0.1) is 0 Å². The highest BCUT2D eigenvalue weighted by Gasteiger charge is 2.33. The van der Waals surface area contributed by atoms with Crippen LogP contribution in [0.25, 0.3) is 11.1 Å². The monoisotopic (exact) mass is 416 g/mol. The van der Waals surface area contributed by atoms with Crippen LogP contribution in [0.1, 0.15) is 48.0 Å². The van der Waals surface area contributed by atoms with Crippen molar-refractivity contribution in [3.8, 4) is 11.1 Å². The molecule has 1 N–H and O–H groups in total. The minimum atomic E-state index is 0.137. The van der Waals surface area contributed by atoms with Gasteiger partial charge in [-0.3, -0.25) is 9.52 Å². The summed E-state index contributed by atoms with van der Waals surface area (Å²) in [6.45, 7) is 0. The zero-order valence-electron chi connectivity index (χ0n) is 17.4. The molecule has 0 spiro atoms. The number of hydrogen-bond donors (Lipinski definition) is 1. The predicted octanol–water partition coefficient (Wildman–Crippen LogP) is 5.36. The van der Waals surface area contributed by atoms with E-state index < -0.39 is 0 Å². The summed E-state index contributed by atoms with van der Waals surface area (Å²) in [5.74, 6) is 0.478. The van der Waals surface area contributed by atoms with E-state index >= 15 is 0 Å². The van der Waals surface area contributed by atoms with E-state index in [1.54, 1.807) is 11.9 Å². The molecule has 5 rings (SSSR count). The van der Waals surface area contributed by atoms with Gasteiger partial charge in [0.25, 0.3) is 5.56 Å². The highest BCUT2D eigenvalue weighted by atomic mass is 32.2. The topological polar surface area (TPSA) is 34.0 Å². The molecule has 2 atom stereocenters. The van der Waals surface area contributed by atoms with Crippen LogP contribution in [-0.4, -0.2) is 16.9 Å². The first-order chi connectivity index (χ1) is 14.7. The zero-order valence-corrected chi connectivity index (χ0v) is 18.2. The van der Waals surface area contributed by atoms with E-state index in [0.717, 1.165) is 37.7 Å². The Hall–Kier alpha value is -2.30. The van der Waals surface area contributed by atoms with E-state index in [0.29, 0.717) is 12.0 Å². The van der Waals surface area contributed by atoms with Crippen LogP contribution < -0.4 is 10.3 Å². The van der Waals surface area contributed by atoms with Gasteiger partial charge in [0.2, 0.25) is 0 Å². The fourth-order valence-electron chi connectivity index (χ4n) is 4.83. The van der Waals surface area contributed by atoms with Gasteiger partial charge >= 0.3 is 0 Å². The smallest absolute Gasteiger partial charge is 0.254 e. The second-order valence-corrected chi connectivity index (χ2v) is 9.18. The summed E-state index contributed by atoms with van der Waals surface area (Å²) in [6.07, 6.45) is 7.27. The van der Waals surface area contributed by atoms with Gasteiger partial charge in [-0.2, -0.15) is 0 Å². The minimum Gasteiger partial charge on any atom is -0.307 e. The molecule has 3 aromatic rings. The molecule has 0 radical (unpaired) electrons. The molecule has 4 heteroatoms. The molecule has 2 aromatic carbocycles. The molecule has 2 unspecified atom stereocenters. The molecule has 1 fully saturated rings. The molecule has 0 saturated heterocycles. The molecule has 2 aliphatic rings. The minimum absolute atomic E-state index is 0.137. The van der Waals surface area contributed by atoms with Gasteiger partial charge in [0.15, 0.2) is 0 Å². The maximum Gasteiger partial charge on any atom is 0.254 e. The molecule has 30 heavy (non-hydrogen) atoms. The summed E-state index contributed by atoms with van der Waals surface area (Å²) in [5.41, 5.74) is 6.20. The Morgan fingerprint density at radius 1 is 0.967 bits per heavy atom. The second kappa shape index (κ2) is 8.44. The van der Waals surface area contributed by atoms with Crippen LogP contribution in [0.5, 0.6) is 0 Å². The molecule has 1 aromatic heterocycles. The maximum atomic E-state index is 13.5. The number of rotatable bonds is 6. The van der Waals surface area contributed by atoms with Crippen molar-refractivity contribution in [1.82, 2.24) is 9.29 Å². The van der Waals surface area contributed by atoms with Crippen molar-refractivity contribution in [2.75, 3.05) is 6.26 Å². The van der Waals surface area contributed by atoms with Crippen LogP contribution >= 0.6 is 11.9 Å². The van der Waals surface area contributed by atoms with Gasteiger partial charge in [-0.25, -0.2) is 0 Å². The van der Waals surface area contributed by atoms with Crippen LogP contribution in [0.3, 0.4) is 0 Å². The number of pyridine rings is 1. The van der Waals surface area contributed by atoms with Crippen molar-refractivity contribution >= 4 is 11.9 Å². The lowest BCUT2D eigenvalue weighted by molar-refractivity contribution is 0.320. The SMILES string of the molecule is CSNC1CCc2ccc(C3CC3)c(=O)n2C1Cc1cccc(-c2ccccc2)c1. The normalized spacial score (nSPS) is 20.7. The highest BCUT2D eigenvalue weighted by Crippen LogP contribution is 2.39. The number of nitrogens with one attached hydrogen (secondary N) is 1. The van der Waals surface area contributed by atoms with Crippen molar-refractivity contribution in [2.45, 2.75) is 50.1 Å². The molecule has 154 valence electrons. The molecule has 0 amide bonds. The number of nitrogens with zero attached hydrogens (tertiary/aromatic N) is 1. The van der Waals surface area contributed by atoms with Gasteiger partial charge in [0, 0.05) is 17.3 Å². The Bertz CT molecular complexity index is 1090. The van der Waals surface area contributed by atoms with E-state index in [1.807, 2.05) is 0 Å². The van der Waals surface area contributed by atoms with E-state index in [4.69, 9.17) is 0 Å². The molecule has 1 aliphatic heterocycles. The Balaban J connectivity index is 1.52. The van der Waals surface area contributed by atoms with E-state index in [-0.39, 0.29) is 11.6 Å². The summed E-state index contributed by atoms with van der Waals surface area (Å²) < 4.78 is 5.72. The van der Waals surface area contributed by atoms with Gasteiger partial charge in [-0.05, 0) is 67.0 Å². The zero-order chi connectivity index (χ0) is 20.5. The van der Waals surface area contributed by atoms with Crippen LogP contribution in [0.4, 0.5) is 0 Å². The predicted molar refractivity (Wildman–Crippen MR) is 126 cm³/mol. The fraction of sp³-hybridized carbons (Fsp3) is 0.346. The van der Waals surface area contributed by atoms with Crippen molar-refractivity contribution in [3.63, 3.8) is 0 Å². The van der Waals surface area contributed by atoms with Gasteiger partial charge < -0.3 is 4.57 Å². The fourth-order valence-corrected chi connectivity index (χ4v) is 5.41. The Morgan fingerprint density at radius 2 is 1.77 bits per heavy atom. The molecule has 2 heterocycles. The lowest BCUT2D eigenvalue weighted by Crippen LogP contribution is -2.45. The second-order valence-electron chi connectivity index (χ2n) is 8.53. The van der Waals surface area contributed by atoms with Crippen molar-refractivity contribution in [3.05, 3.63) is 93.9 Å². The van der Waals surface area contributed by atoms with E-state index in [2.05, 4.69) is 82.3 Å². The summed E-state index contributed by atoms with van der Waals surface area (Å²) in [6, 6.07) is 24.0. The molecule has 3 nitrogen and oxygen atoms in total. The number of benzene rings is 2. The third-order valence-corrected chi connectivity index (χ3v) is 7.04. The molecule has 1 saturated carbocycles. The molecular formula is C26H28N2OS. The Morgan fingerprint density at radius 3 is 2.53 bits per heavy atom. The van der Waals surface area contributed by atoms with E-state index in [1.165, 1.54) is 22.4 Å². The third-order valence-electron chi connectivity index (χ3n) is 6.50. The summed E-state index contributed by atoms with van der Waals surface area (Å²) in [5, 5.41) is 0. The summed E-state index contributed by atoms with van der Waals surface area (Å²) >= 11 is 1.66. The Labute approximate surface area is 182 Å².